The van der Waals surface area contributed by atoms with E-state index in [0.717, 1.165) is 25.3 Å². The summed E-state index contributed by atoms with van der Waals surface area (Å²) in [6.07, 6.45) is 6.42. The number of nitrogens with one attached hydrogen (secondary N) is 1. The van der Waals surface area contributed by atoms with Gasteiger partial charge in [0.05, 0.1) is 6.61 Å². The molecule has 0 heterocycles. The number of unbranched alkanes of at least 4 members (excludes halogenated alkanes) is 4. The minimum Gasteiger partial charge on any atom is -0.493 e. The largest absolute Gasteiger partial charge is 0.493 e. The maximum Gasteiger partial charge on any atom is 0.125 e. The van der Waals surface area contributed by atoms with Gasteiger partial charge in [0.2, 0.25) is 0 Å². The molecule has 0 spiro atoms. The Morgan fingerprint density at radius 1 is 1.00 bits per heavy atom. The van der Waals surface area contributed by atoms with E-state index in [0.29, 0.717) is 0 Å². The third-order valence-corrected chi connectivity index (χ3v) is 3.40. The molecule has 0 saturated carbocycles. The lowest BCUT2D eigenvalue weighted by Crippen LogP contribution is -2.07. The van der Waals surface area contributed by atoms with Gasteiger partial charge in [-0.05, 0) is 44.0 Å². The number of hydrogen-bond acceptors (Lipinski definition) is 2. The van der Waals surface area contributed by atoms with Gasteiger partial charge in [0, 0.05) is 6.54 Å². The van der Waals surface area contributed by atoms with E-state index < -0.39 is 0 Å². The molecule has 0 bridgehead atoms. The standard InChI is InChI=1S/C17H29NO/c1-5-6-7-8-9-10-19-17-14(2)11-16(13-18-4)12-15(17)3/h11-12,18H,5-10,13H2,1-4H3. The first-order valence-electron chi connectivity index (χ1n) is 7.56. The van der Waals surface area contributed by atoms with E-state index >= 15 is 0 Å². The maximum atomic E-state index is 5.96. The van der Waals surface area contributed by atoms with Gasteiger partial charge >= 0.3 is 0 Å². The van der Waals surface area contributed by atoms with Crippen molar-refractivity contribution in [1.29, 1.82) is 0 Å². The summed E-state index contributed by atoms with van der Waals surface area (Å²) in [4.78, 5) is 0. The van der Waals surface area contributed by atoms with Gasteiger partial charge in [0.25, 0.3) is 0 Å². The van der Waals surface area contributed by atoms with Crippen molar-refractivity contribution in [2.75, 3.05) is 13.7 Å². The quantitative estimate of drug-likeness (QED) is 0.668. The predicted molar refractivity (Wildman–Crippen MR) is 82.9 cm³/mol. The highest BCUT2D eigenvalue weighted by Crippen LogP contribution is 2.25. The van der Waals surface area contributed by atoms with E-state index in [2.05, 4.69) is 38.2 Å². The van der Waals surface area contributed by atoms with Crippen molar-refractivity contribution in [3.8, 4) is 5.75 Å². The lowest BCUT2D eigenvalue weighted by molar-refractivity contribution is 0.300. The first-order valence-corrected chi connectivity index (χ1v) is 7.56. The molecule has 0 unspecified atom stereocenters. The Morgan fingerprint density at radius 3 is 2.21 bits per heavy atom. The van der Waals surface area contributed by atoms with Crippen LogP contribution in [0, 0.1) is 13.8 Å². The second-order valence-electron chi connectivity index (χ2n) is 5.35. The van der Waals surface area contributed by atoms with Crippen LogP contribution in [0.5, 0.6) is 5.75 Å². The summed E-state index contributed by atoms with van der Waals surface area (Å²) < 4.78 is 5.96. The average Bonchev–Trinajstić information content (AvgIpc) is 2.36. The van der Waals surface area contributed by atoms with Crippen molar-refractivity contribution in [1.82, 2.24) is 5.32 Å². The van der Waals surface area contributed by atoms with Crippen LogP contribution in [-0.4, -0.2) is 13.7 Å². The molecular formula is C17H29NO. The molecule has 2 heteroatoms. The van der Waals surface area contributed by atoms with E-state index in [1.165, 1.54) is 42.4 Å². The molecule has 2 nitrogen and oxygen atoms in total. The van der Waals surface area contributed by atoms with Crippen LogP contribution in [0.2, 0.25) is 0 Å². The summed E-state index contributed by atoms with van der Waals surface area (Å²) in [6.45, 7) is 8.28. The van der Waals surface area contributed by atoms with Crippen LogP contribution in [0.3, 0.4) is 0 Å². The minimum absolute atomic E-state index is 0.844. The highest BCUT2D eigenvalue weighted by atomic mass is 16.5. The van der Waals surface area contributed by atoms with Crippen LogP contribution in [0.15, 0.2) is 12.1 Å². The highest BCUT2D eigenvalue weighted by molar-refractivity contribution is 5.43. The van der Waals surface area contributed by atoms with Crippen LogP contribution in [-0.2, 0) is 6.54 Å². The van der Waals surface area contributed by atoms with Gasteiger partial charge in [0.1, 0.15) is 5.75 Å². The van der Waals surface area contributed by atoms with Gasteiger partial charge in [-0.25, -0.2) is 0 Å². The number of ether oxygens (including phenoxy) is 1. The van der Waals surface area contributed by atoms with Crippen molar-refractivity contribution in [3.63, 3.8) is 0 Å². The molecule has 0 saturated heterocycles. The van der Waals surface area contributed by atoms with Gasteiger partial charge < -0.3 is 10.1 Å². The predicted octanol–water partition coefficient (Wildman–Crippen LogP) is 4.37. The van der Waals surface area contributed by atoms with Crippen LogP contribution in [0.1, 0.15) is 55.7 Å². The van der Waals surface area contributed by atoms with E-state index in [1.54, 1.807) is 0 Å². The molecule has 108 valence electrons. The fourth-order valence-corrected chi connectivity index (χ4v) is 2.45. The van der Waals surface area contributed by atoms with Crippen LogP contribution in [0.4, 0.5) is 0 Å². The van der Waals surface area contributed by atoms with E-state index in [9.17, 15) is 0 Å². The summed E-state index contributed by atoms with van der Waals surface area (Å²) in [7, 11) is 1.98. The van der Waals surface area contributed by atoms with Crippen molar-refractivity contribution in [2.24, 2.45) is 0 Å². The molecule has 1 aromatic carbocycles. The molecule has 0 aromatic heterocycles. The molecular weight excluding hydrogens is 234 g/mol. The van der Waals surface area contributed by atoms with Crippen LogP contribution < -0.4 is 10.1 Å². The van der Waals surface area contributed by atoms with Crippen molar-refractivity contribution in [3.05, 3.63) is 28.8 Å². The molecule has 0 aliphatic heterocycles. The third kappa shape index (κ3) is 5.65. The SMILES string of the molecule is CCCCCCCOc1c(C)cc(CNC)cc1C. The van der Waals surface area contributed by atoms with Crippen LogP contribution in [0.25, 0.3) is 0 Å². The molecule has 0 fully saturated rings. The van der Waals surface area contributed by atoms with E-state index in [-0.39, 0.29) is 0 Å². The van der Waals surface area contributed by atoms with E-state index in [1.807, 2.05) is 7.05 Å². The molecule has 0 aliphatic carbocycles. The molecule has 1 aromatic rings. The smallest absolute Gasteiger partial charge is 0.125 e. The minimum atomic E-state index is 0.844. The van der Waals surface area contributed by atoms with Crippen molar-refractivity contribution >= 4 is 0 Å². The number of hydrogen-bond donors (Lipinski definition) is 1. The van der Waals surface area contributed by atoms with Gasteiger partial charge in [-0.1, -0.05) is 44.7 Å². The fourth-order valence-electron chi connectivity index (χ4n) is 2.45. The summed E-state index contributed by atoms with van der Waals surface area (Å²) in [6, 6.07) is 4.44. The summed E-state index contributed by atoms with van der Waals surface area (Å²) in [5.74, 6) is 1.08. The third-order valence-electron chi connectivity index (χ3n) is 3.40. The summed E-state index contributed by atoms with van der Waals surface area (Å²) >= 11 is 0. The summed E-state index contributed by atoms with van der Waals surface area (Å²) in [5, 5.41) is 3.19. The zero-order valence-electron chi connectivity index (χ0n) is 13.0. The molecule has 19 heavy (non-hydrogen) atoms. The molecule has 0 radical (unpaired) electrons. The normalized spacial score (nSPS) is 10.7. The van der Waals surface area contributed by atoms with Gasteiger partial charge in [-0.15, -0.1) is 0 Å². The Kier molecular flexibility index (Phi) is 7.57. The highest BCUT2D eigenvalue weighted by Gasteiger charge is 2.06. The number of aryl methyl sites for hydroxylation is 2. The second-order valence-corrected chi connectivity index (χ2v) is 5.35. The zero-order valence-corrected chi connectivity index (χ0v) is 13.0. The lowest BCUT2D eigenvalue weighted by Gasteiger charge is -2.14. The summed E-state index contributed by atoms with van der Waals surface area (Å²) in [5.41, 5.74) is 3.82. The zero-order chi connectivity index (χ0) is 14.1. The van der Waals surface area contributed by atoms with Gasteiger partial charge in [-0.3, -0.25) is 0 Å². The Hall–Kier alpha value is -1.02. The molecule has 0 atom stereocenters. The molecule has 1 N–H and O–H groups in total. The number of benzene rings is 1. The van der Waals surface area contributed by atoms with Crippen molar-refractivity contribution in [2.45, 2.75) is 59.4 Å². The molecule has 0 amide bonds. The first-order chi connectivity index (χ1) is 9.19. The molecule has 0 aliphatic rings. The second kappa shape index (κ2) is 8.98. The maximum absolute atomic E-state index is 5.96. The monoisotopic (exact) mass is 263 g/mol. The molecule has 1 rings (SSSR count). The van der Waals surface area contributed by atoms with Crippen LogP contribution >= 0.6 is 0 Å². The van der Waals surface area contributed by atoms with E-state index in [4.69, 9.17) is 4.74 Å². The average molecular weight is 263 g/mol. The Bertz CT molecular complexity index is 351. The van der Waals surface area contributed by atoms with Gasteiger partial charge in [-0.2, -0.15) is 0 Å². The fraction of sp³-hybridized carbons (Fsp3) is 0.647. The number of rotatable bonds is 9. The Morgan fingerprint density at radius 2 is 1.63 bits per heavy atom. The Labute approximate surface area is 118 Å². The topological polar surface area (TPSA) is 21.3 Å². The van der Waals surface area contributed by atoms with Gasteiger partial charge in [0.15, 0.2) is 0 Å². The lowest BCUT2D eigenvalue weighted by atomic mass is 10.1. The Balaban J connectivity index is 2.45. The van der Waals surface area contributed by atoms with Crippen molar-refractivity contribution < 1.29 is 4.74 Å². The first kappa shape index (κ1) is 16.0.